The molecule has 2 nitrogen and oxygen atoms in total. The van der Waals surface area contributed by atoms with Gasteiger partial charge in [-0.25, -0.2) is 0 Å². The van der Waals surface area contributed by atoms with E-state index in [9.17, 15) is 0 Å². The van der Waals surface area contributed by atoms with Gasteiger partial charge in [0, 0.05) is 0 Å². The van der Waals surface area contributed by atoms with Crippen LogP contribution in [-0.4, -0.2) is 23.2 Å². The highest BCUT2D eigenvalue weighted by molar-refractivity contribution is 6.50. The summed E-state index contributed by atoms with van der Waals surface area (Å²) >= 11 is 0. The molecular weight excluding hydrogens is 103 g/mol. The Morgan fingerprint density at radius 3 is 2.12 bits per heavy atom. The molecule has 0 aromatic rings. The molecule has 1 saturated carbocycles. The van der Waals surface area contributed by atoms with Crippen molar-refractivity contribution in [3.63, 3.8) is 0 Å². The fraction of sp³-hybridized carbons (Fsp3) is 1.00. The van der Waals surface area contributed by atoms with Crippen molar-refractivity contribution >= 4 is 6.92 Å². The Hall–Kier alpha value is -0.0151. The van der Waals surface area contributed by atoms with Crippen molar-refractivity contribution in [2.24, 2.45) is 0 Å². The van der Waals surface area contributed by atoms with Gasteiger partial charge in [0.15, 0.2) is 0 Å². The molecule has 8 heavy (non-hydrogen) atoms. The van der Waals surface area contributed by atoms with Crippen molar-refractivity contribution in [1.29, 1.82) is 0 Å². The second-order valence-electron chi connectivity index (χ2n) is 2.63. The van der Waals surface area contributed by atoms with Crippen LogP contribution in [0, 0.1) is 0 Å². The van der Waals surface area contributed by atoms with Crippen LogP contribution >= 0.6 is 0 Å². The lowest BCUT2D eigenvalue weighted by atomic mass is 9.50. The van der Waals surface area contributed by atoms with Gasteiger partial charge in [0.2, 0.25) is 0 Å². The first-order valence-electron chi connectivity index (χ1n) is 3.06. The molecule has 1 rings (SSSR count). The minimum atomic E-state index is -0.224. The summed E-state index contributed by atoms with van der Waals surface area (Å²) in [5.41, 5.74) is 0. The van der Waals surface area contributed by atoms with Crippen LogP contribution in [0.25, 0.3) is 0 Å². The van der Waals surface area contributed by atoms with E-state index in [-0.39, 0.29) is 13.0 Å². The molecule has 1 aliphatic rings. The summed E-state index contributed by atoms with van der Waals surface area (Å²) in [5, 5.41) is 17.6. The molecule has 0 spiro atoms. The second-order valence-corrected chi connectivity index (χ2v) is 2.63. The van der Waals surface area contributed by atoms with Gasteiger partial charge in [-0.3, -0.25) is 0 Å². The van der Waals surface area contributed by atoms with Gasteiger partial charge in [-0.15, -0.1) is 0 Å². The van der Waals surface area contributed by atoms with Gasteiger partial charge < -0.3 is 10.1 Å². The third kappa shape index (κ3) is 1.04. The molecule has 0 saturated heterocycles. The molecule has 0 heterocycles. The molecule has 0 aromatic heterocycles. The molecule has 3 heteroatoms. The summed E-state index contributed by atoms with van der Waals surface area (Å²) in [6, 6.07) is 0. The average molecular weight is 114 g/mol. The lowest BCUT2D eigenvalue weighted by Crippen LogP contribution is -2.33. The van der Waals surface area contributed by atoms with E-state index < -0.39 is 0 Å². The maximum Gasteiger partial charge on any atom is 0.289 e. The number of hydrogen-bond acceptors (Lipinski definition) is 2. The summed E-state index contributed by atoms with van der Waals surface area (Å²) in [5.74, 6) is 0.366. The van der Waals surface area contributed by atoms with Crippen LogP contribution in [-0.2, 0) is 0 Å². The lowest BCUT2D eigenvalue weighted by Gasteiger charge is -2.31. The molecule has 0 radical (unpaired) electrons. The van der Waals surface area contributed by atoms with E-state index in [4.69, 9.17) is 10.1 Å². The zero-order valence-corrected chi connectivity index (χ0v) is 5.04. The van der Waals surface area contributed by atoms with Crippen LogP contribution in [0.3, 0.4) is 0 Å². The van der Waals surface area contributed by atoms with Crippen molar-refractivity contribution in [2.45, 2.75) is 31.6 Å². The monoisotopic (exact) mass is 114 g/mol. The van der Waals surface area contributed by atoms with E-state index >= 15 is 0 Å². The Labute approximate surface area is 49.6 Å². The molecule has 0 unspecified atom stereocenters. The quantitative estimate of drug-likeness (QED) is 0.475. The topological polar surface area (TPSA) is 40.5 Å². The molecule has 0 aromatic carbocycles. The van der Waals surface area contributed by atoms with Gasteiger partial charge in [0.05, 0.1) is 6.10 Å². The third-order valence-corrected chi connectivity index (χ3v) is 1.83. The fourth-order valence-corrected chi connectivity index (χ4v) is 1.02. The van der Waals surface area contributed by atoms with E-state index in [1.54, 1.807) is 6.82 Å². The minimum Gasteiger partial charge on any atom is -0.450 e. The van der Waals surface area contributed by atoms with E-state index in [2.05, 4.69) is 0 Å². The molecular formula is C5H11BO2. The van der Waals surface area contributed by atoms with Crippen LogP contribution in [0.4, 0.5) is 0 Å². The van der Waals surface area contributed by atoms with Crippen molar-refractivity contribution in [1.82, 2.24) is 0 Å². The number of rotatable bonds is 1. The molecule has 46 valence electrons. The Kier molecular flexibility index (Phi) is 1.58. The molecule has 0 aliphatic heterocycles. The Bertz CT molecular complexity index is 78.5. The summed E-state index contributed by atoms with van der Waals surface area (Å²) in [6.45, 7) is 1.55. The maximum absolute atomic E-state index is 8.88. The molecule has 0 bridgehead atoms. The van der Waals surface area contributed by atoms with E-state index in [1.165, 1.54) is 0 Å². The predicted octanol–water partition coefficient (Wildman–Crippen LogP) is 0.125. The van der Waals surface area contributed by atoms with Crippen LogP contribution < -0.4 is 0 Å². The molecule has 2 N–H and O–H groups in total. The number of aliphatic hydroxyl groups is 1. The van der Waals surface area contributed by atoms with Gasteiger partial charge in [-0.1, -0.05) is 6.82 Å². The van der Waals surface area contributed by atoms with E-state index in [0.29, 0.717) is 5.82 Å². The summed E-state index contributed by atoms with van der Waals surface area (Å²) in [6.07, 6.45) is 1.45. The largest absolute Gasteiger partial charge is 0.450 e. The summed E-state index contributed by atoms with van der Waals surface area (Å²) < 4.78 is 0. The van der Waals surface area contributed by atoms with Crippen LogP contribution in [0.1, 0.15) is 12.8 Å². The van der Waals surface area contributed by atoms with Gasteiger partial charge in [-0.2, -0.15) is 0 Å². The van der Waals surface area contributed by atoms with Crippen molar-refractivity contribution in [3.05, 3.63) is 0 Å². The first-order chi connectivity index (χ1) is 3.70. The summed E-state index contributed by atoms with van der Waals surface area (Å²) in [7, 11) is 0. The smallest absolute Gasteiger partial charge is 0.289 e. The van der Waals surface area contributed by atoms with Crippen LogP contribution in [0.2, 0.25) is 12.6 Å². The predicted molar refractivity (Wildman–Crippen MR) is 32.8 cm³/mol. The highest BCUT2D eigenvalue weighted by Crippen LogP contribution is 2.34. The van der Waals surface area contributed by atoms with E-state index in [1.807, 2.05) is 0 Å². The van der Waals surface area contributed by atoms with Crippen LogP contribution in [0.15, 0.2) is 0 Å². The number of hydrogen-bond donors (Lipinski definition) is 2. The Morgan fingerprint density at radius 2 is 2.00 bits per heavy atom. The van der Waals surface area contributed by atoms with Crippen LogP contribution in [0.5, 0.6) is 0 Å². The molecule has 1 fully saturated rings. The third-order valence-electron chi connectivity index (χ3n) is 1.83. The highest BCUT2D eigenvalue weighted by Gasteiger charge is 2.32. The zero-order chi connectivity index (χ0) is 6.15. The van der Waals surface area contributed by atoms with Gasteiger partial charge >= 0.3 is 0 Å². The highest BCUT2D eigenvalue weighted by atomic mass is 16.3. The number of aliphatic hydroxyl groups excluding tert-OH is 1. The van der Waals surface area contributed by atoms with Gasteiger partial charge in [-0.05, 0) is 18.7 Å². The SMILES string of the molecule is CB(O)C1CC(O)C1. The first kappa shape index (κ1) is 6.11. The van der Waals surface area contributed by atoms with Gasteiger partial charge in [0.25, 0.3) is 6.92 Å². The fourth-order valence-electron chi connectivity index (χ4n) is 1.02. The minimum absolute atomic E-state index is 0.130. The summed E-state index contributed by atoms with van der Waals surface area (Å²) in [4.78, 5) is 0. The Morgan fingerprint density at radius 1 is 1.50 bits per heavy atom. The lowest BCUT2D eigenvalue weighted by molar-refractivity contribution is 0.0902. The van der Waals surface area contributed by atoms with Crippen molar-refractivity contribution in [3.8, 4) is 0 Å². The standard InChI is InChI=1S/C5H11BO2/c1-6(8)4-2-5(7)3-4/h4-5,7-8H,2-3H2,1H3. The maximum atomic E-state index is 8.88. The average Bonchev–Trinajstić information content (AvgIpc) is 1.57. The van der Waals surface area contributed by atoms with Crippen molar-refractivity contribution in [2.75, 3.05) is 0 Å². The first-order valence-corrected chi connectivity index (χ1v) is 3.06. The normalized spacial score (nSPS) is 36.4. The van der Waals surface area contributed by atoms with E-state index in [0.717, 1.165) is 12.8 Å². The molecule has 0 amide bonds. The second kappa shape index (κ2) is 2.07. The molecule has 1 aliphatic carbocycles. The molecule has 0 atom stereocenters. The zero-order valence-electron chi connectivity index (χ0n) is 5.04. The van der Waals surface area contributed by atoms with Gasteiger partial charge in [0.1, 0.15) is 0 Å². The Balaban J connectivity index is 2.15. The van der Waals surface area contributed by atoms with Crippen molar-refractivity contribution < 1.29 is 10.1 Å².